The van der Waals surface area contributed by atoms with Crippen molar-refractivity contribution >= 4 is 29.2 Å². The molecule has 3 rings (SSSR count). The van der Waals surface area contributed by atoms with Gasteiger partial charge < -0.3 is 30.1 Å². The van der Waals surface area contributed by atoms with E-state index in [1.807, 2.05) is 0 Å². The number of carbonyl (C=O) groups is 2. The Morgan fingerprint density at radius 2 is 1.89 bits per heavy atom. The monoisotopic (exact) mass is 515 g/mol. The Bertz CT molecular complexity index is 1060. The number of carbonyl (C=O) groups excluding carboxylic acids is 2. The molecule has 1 heterocycles. The minimum atomic E-state index is -4.51. The van der Waals surface area contributed by atoms with Gasteiger partial charge in [0.1, 0.15) is 5.75 Å². The van der Waals surface area contributed by atoms with E-state index >= 15 is 0 Å². The first kappa shape index (κ1) is 26.6. The average Bonchev–Trinajstić information content (AvgIpc) is 2.97. The number of benzene rings is 2. The van der Waals surface area contributed by atoms with Gasteiger partial charge in [0.15, 0.2) is 6.61 Å². The summed E-state index contributed by atoms with van der Waals surface area (Å²) in [7, 11) is 0. The Hall–Kier alpha value is -3.02. The summed E-state index contributed by atoms with van der Waals surface area (Å²) in [4.78, 5) is 29.3. The summed E-state index contributed by atoms with van der Waals surface area (Å²) in [6, 6.07) is 8.85. The number of hydrogen-bond donors (Lipinski definition) is 3. The number of aliphatic hydroxyl groups is 2. The maximum atomic E-state index is 13.5. The van der Waals surface area contributed by atoms with Gasteiger partial charge in [-0.15, -0.1) is 0 Å². The number of ether oxygens (including phenoxy) is 1. The van der Waals surface area contributed by atoms with E-state index in [9.17, 15) is 33.0 Å². The van der Waals surface area contributed by atoms with Gasteiger partial charge in [-0.25, -0.2) is 4.79 Å². The van der Waals surface area contributed by atoms with Crippen LogP contribution in [0.5, 0.6) is 5.75 Å². The third-order valence-corrected chi connectivity index (χ3v) is 5.76. The zero-order valence-electron chi connectivity index (χ0n) is 18.8. The normalized spacial score (nSPS) is 16.1. The van der Waals surface area contributed by atoms with Gasteiger partial charge in [0.05, 0.1) is 29.8 Å². The van der Waals surface area contributed by atoms with Crippen LogP contribution in [0, 0.1) is 0 Å². The molecule has 0 fully saturated rings. The van der Waals surface area contributed by atoms with Crippen molar-refractivity contribution in [3.8, 4) is 5.75 Å². The zero-order chi connectivity index (χ0) is 25.8. The predicted molar refractivity (Wildman–Crippen MR) is 123 cm³/mol. The summed E-state index contributed by atoms with van der Waals surface area (Å²) in [6.45, 7) is -0.365. The van der Waals surface area contributed by atoms with E-state index in [1.54, 1.807) is 31.2 Å². The van der Waals surface area contributed by atoms with E-state index < -0.39 is 50.0 Å². The van der Waals surface area contributed by atoms with E-state index in [0.717, 1.165) is 6.07 Å². The van der Waals surface area contributed by atoms with Crippen LogP contribution in [0.4, 0.5) is 23.7 Å². The molecule has 190 valence electrons. The van der Waals surface area contributed by atoms with E-state index in [1.165, 1.54) is 21.9 Å². The summed E-state index contributed by atoms with van der Waals surface area (Å²) in [5.74, 6) is -0.624. The molecule has 0 saturated heterocycles. The maximum absolute atomic E-state index is 13.5. The fourth-order valence-electron chi connectivity index (χ4n) is 3.65. The number of alkyl halides is 3. The van der Waals surface area contributed by atoms with Gasteiger partial charge in [-0.2, -0.15) is 13.2 Å². The summed E-state index contributed by atoms with van der Waals surface area (Å²) >= 11 is 6.24. The predicted octanol–water partition coefficient (Wildman–Crippen LogP) is 3.19. The highest BCUT2D eigenvalue weighted by Crippen LogP contribution is 2.31. The minimum Gasteiger partial charge on any atom is -0.484 e. The van der Waals surface area contributed by atoms with Crippen LogP contribution in [0.2, 0.25) is 5.02 Å². The van der Waals surface area contributed by atoms with Crippen molar-refractivity contribution in [2.75, 3.05) is 31.3 Å². The van der Waals surface area contributed by atoms with E-state index in [4.69, 9.17) is 16.3 Å². The molecule has 35 heavy (non-hydrogen) atoms. The molecule has 12 heteroatoms. The van der Waals surface area contributed by atoms with Gasteiger partial charge >= 0.3 is 12.2 Å². The van der Waals surface area contributed by atoms with Crippen LogP contribution in [-0.2, 0) is 6.54 Å². The lowest BCUT2D eigenvalue weighted by Crippen LogP contribution is -2.52. The van der Waals surface area contributed by atoms with Crippen LogP contribution < -0.4 is 15.0 Å². The molecule has 0 radical (unpaired) electrons. The van der Waals surface area contributed by atoms with E-state index in [-0.39, 0.29) is 29.4 Å². The SMILES string of the molecule is C[C@@H]1CN(C(=O)c2ccc(OCC(F)(F)F)cc2Cl)c2ccccc2CN1C(=O)NC(CO)CO. The average molecular weight is 516 g/mol. The third-order valence-electron chi connectivity index (χ3n) is 5.45. The number of aliphatic hydroxyl groups excluding tert-OH is 2. The molecule has 1 aliphatic rings. The molecule has 3 N–H and O–H groups in total. The second-order valence-electron chi connectivity index (χ2n) is 8.08. The van der Waals surface area contributed by atoms with Gasteiger partial charge in [0.25, 0.3) is 5.91 Å². The highest BCUT2D eigenvalue weighted by Gasteiger charge is 2.33. The number of fused-ring (bicyclic) bond motifs is 1. The molecule has 2 aromatic rings. The molecule has 0 unspecified atom stereocenters. The number of halogens is 4. The van der Waals surface area contributed by atoms with Crippen LogP contribution in [0.15, 0.2) is 42.5 Å². The van der Waals surface area contributed by atoms with Crippen molar-refractivity contribution in [1.82, 2.24) is 10.2 Å². The fraction of sp³-hybridized carbons (Fsp3) is 0.391. The topological polar surface area (TPSA) is 102 Å². The number of nitrogens with zero attached hydrogens (tertiary/aromatic N) is 2. The van der Waals surface area contributed by atoms with Crippen LogP contribution in [0.3, 0.4) is 0 Å². The van der Waals surface area contributed by atoms with Crippen molar-refractivity contribution in [3.05, 3.63) is 58.6 Å². The lowest BCUT2D eigenvalue weighted by molar-refractivity contribution is -0.153. The molecule has 0 aromatic heterocycles. The van der Waals surface area contributed by atoms with Gasteiger partial charge in [-0.3, -0.25) is 4.79 Å². The van der Waals surface area contributed by atoms with Crippen molar-refractivity contribution < 1.29 is 37.7 Å². The molecule has 3 amide bonds. The third kappa shape index (κ3) is 6.56. The first-order valence-corrected chi connectivity index (χ1v) is 11.1. The van der Waals surface area contributed by atoms with Crippen LogP contribution in [-0.4, -0.2) is 71.7 Å². The lowest BCUT2D eigenvalue weighted by Gasteiger charge is -2.30. The van der Waals surface area contributed by atoms with Crippen LogP contribution in [0.25, 0.3) is 0 Å². The summed E-state index contributed by atoms with van der Waals surface area (Å²) < 4.78 is 42.0. The summed E-state index contributed by atoms with van der Waals surface area (Å²) in [5.41, 5.74) is 1.28. The molecule has 1 aliphatic heterocycles. The minimum absolute atomic E-state index is 0.0616. The van der Waals surface area contributed by atoms with E-state index in [0.29, 0.717) is 11.3 Å². The maximum Gasteiger partial charge on any atom is 0.422 e. The lowest BCUT2D eigenvalue weighted by atomic mass is 10.1. The summed E-state index contributed by atoms with van der Waals surface area (Å²) in [6.07, 6.45) is -4.51. The Labute approximate surface area is 204 Å². The number of urea groups is 1. The van der Waals surface area contributed by atoms with Crippen LogP contribution >= 0.6 is 11.6 Å². The Morgan fingerprint density at radius 3 is 2.51 bits per heavy atom. The molecular weight excluding hydrogens is 491 g/mol. The number of hydrogen-bond acceptors (Lipinski definition) is 5. The van der Waals surface area contributed by atoms with Crippen molar-refractivity contribution in [3.63, 3.8) is 0 Å². The van der Waals surface area contributed by atoms with E-state index in [2.05, 4.69) is 5.32 Å². The second-order valence-corrected chi connectivity index (χ2v) is 8.49. The number of nitrogens with one attached hydrogen (secondary N) is 1. The van der Waals surface area contributed by atoms with Crippen molar-refractivity contribution in [2.45, 2.75) is 31.7 Å². The van der Waals surface area contributed by atoms with Crippen LogP contribution in [0.1, 0.15) is 22.8 Å². The highest BCUT2D eigenvalue weighted by atomic mass is 35.5. The van der Waals surface area contributed by atoms with Gasteiger partial charge in [-0.05, 0) is 36.8 Å². The molecule has 2 aromatic carbocycles. The molecule has 0 saturated carbocycles. The fourth-order valence-corrected chi connectivity index (χ4v) is 3.90. The first-order chi connectivity index (χ1) is 16.5. The standard InChI is InChI=1S/C23H25ClF3N3O5/c1-14-9-30(21(33)18-7-6-17(8-19(18)24)35-13-23(25,26)27)20-5-3-2-4-15(20)10-29(14)22(34)28-16(11-31)12-32/h2-8,14,16,31-32H,9-13H2,1H3,(H,28,34)/t14-/m1/s1. The number of amides is 3. The smallest absolute Gasteiger partial charge is 0.422 e. The largest absolute Gasteiger partial charge is 0.484 e. The molecule has 0 spiro atoms. The van der Waals surface area contributed by atoms with Gasteiger partial charge in [0.2, 0.25) is 0 Å². The summed E-state index contributed by atoms with van der Waals surface area (Å²) in [5, 5.41) is 21.1. The molecular formula is C23H25ClF3N3O5. The van der Waals surface area contributed by atoms with Gasteiger partial charge in [0, 0.05) is 24.8 Å². The molecule has 8 nitrogen and oxygen atoms in total. The number of rotatable bonds is 6. The molecule has 1 atom stereocenters. The van der Waals surface area contributed by atoms with Crippen molar-refractivity contribution in [2.24, 2.45) is 0 Å². The molecule has 0 bridgehead atoms. The Balaban J connectivity index is 1.87. The first-order valence-electron chi connectivity index (χ1n) is 10.7. The second kappa shape index (κ2) is 11.1. The molecule has 0 aliphatic carbocycles. The number of para-hydroxylation sites is 1. The Morgan fingerprint density at radius 1 is 1.20 bits per heavy atom. The number of anilines is 1. The Kier molecular flexibility index (Phi) is 8.47. The highest BCUT2D eigenvalue weighted by molar-refractivity contribution is 6.34. The zero-order valence-corrected chi connectivity index (χ0v) is 19.5. The quantitative estimate of drug-likeness (QED) is 0.548. The van der Waals surface area contributed by atoms with Crippen molar-refractivity contribution in [1.29, 1.82) is 0 Å². The van der Waals surface area contributed by atoms with Gasteiger partial charge in [-0.1, -0.05) is 29.8 Å².